The van der Waals surface area contributed by atoms with Crippen molar-refractivity contribution in [1.82, 2.24) is 20.2 Å². The van der Waals surface area contributed by atoms with E-state index in [0.29, 0.717) is 23.1 Å². The monoisotopic (exact) mass is 341 g/mol. The SMILES string of the molecule is CC(=O)Nc1cc(Nc2cncc(Nc3cc(C)[nH]n3)n2)ccc1F. The number of halogens is 1. The van der Waals surface area contributed by atoms with Crippen LogP contribution in [0.3, 0.4) is 0 Å². The molecule has 8 nitrogen and oxygen atoms in total. The van der Waals surface area contributed by atoms with Crippen LogP contribution < -0.4 is 16.0 Å². The molecular weight excluding hydrogens is 325 g/mol. The fourth-order valence-electron chi connectivity index (χ4n) is 2.14. The maximum absolute atomic E-state index is 13.7. The molecule has 4 N–H and O–H groups in total. The van der Waals surface area contributed by atoms with Gasteiger partial charge in [0.1, 0.15) is 5.82 Å². The predicted molar refractivity (Wildman–Crippen MR) is 92.6 cm³/mol. The molecule has 0 bridgehead atoms. The van der Waals surface area contributed by atoms with E-state index in [-0.39, 0.29) is 11.6 Å². The molecule has 2 aromatic heterocycles. The number of nitrogens with zero attached hydrogens (tertiary/aromatic N) is 3. The molecular formula is C16H16FN7O. The Morgan fingerprint density at radius 3 is 2.56 bits per heavy atom. The molecule has 3 rings (SSSR count). The van der Waals surface area contributed by atoms with E-state index in [9.17, 15) is 9.18 Å². The fraction of sp³-hybridized carbons (Fsp3) is 0.125. The summed E-state index contributed by atoms with van der Waals surface area (Å²) in [6.45, 7) is 3.21. The van der Waals surface area contributed by atoms with E-state index < -0.39 is 5.82 Å². The first-order valence-electron chi connectivity index (χ1n) is 7.45. The number of carbonyl (C=O) groups is 1. The first kappa shape index (κ1) is 16.4. The van der Waals surface area contributed by atoms with E-state index in [4.69, 9.17) is 0 Å². The Labute approximate surface area is 142 Å². The molecule has 25 heavy (non-hydrogen) atoms. The van der Waals surface area contributed by atoms with Gasteiger partial charge < -0.3 is 16.0 Å². The number of aryl methyl sites for hydroxylation is 1. The van der Waals surface area contributed by atoms with Gasteiger partial charge in [0.15, 0.2) is 17.5 Å². The summed E-state index contributed by atoms with van der Waals surface area (Å²) in [5.74, 6) is 0.713. The standard InChI is InChI=1S/C16H16FN7O/c1-9-5-14(24-23-9)21-16-8-18-7-15(22-16)20-11-3-4-12(17)13(6-11)19-10(2)25/h3-8H,1-2H3,(H,19,25)(H3,20,21,22,23,24). The Morgan fingerprint density at radius 1 is 1.12 bits per heavy atom. The van der Waals surface area contributed by atoms with Gasteiger partial charge >= 0.3 is 0 Å². The predicted octanol–water partition coefficient (Wildman–Crippen LogP) is 3.09. The van der Waals surface area contributed by atoms with Gasteiger partial charge in [0.25, 0.3) is 0 Å². The van der Waals surface area contributed by atoms with Crippen LogP contribution in [0, 0.1) is 12.7 Å². The highest BCUT2D eigenvalue weighted by atomic mass is 19.1. The molecule has 1 amide bonds. The van der Waals surface area contributed by atoms with Crippen LogP contribution in [0.5, 0.6) is 0 Å². The molecule has 0 aliphatic rings. The second-order valence-corrected chi connectivity index (χ2v) is 5.35. The van der Waals surface area contributed by atoms with E-state index in [2.05, 4.69) is 36.1 Å². The highest BCUT2D eigenvalue weighted by molar-refractivity contribution is 5.89. The Balaban J connectivity index is 1.76. The van der Waals surface area contributed by atoms with Gasteiger partial charge in [0, 0.05) is 24.4 Å². The van der Waals surface area contributed by atoms with Crippen LogP contribution in [-0.4, -0.2) is 26.1 Å². The van der Waals surface area contributed by atoms with E-state index in [1.165, 1.54) is 25.3 Å². The molecule has 0 aliphatic heterocycles. The average Bonchev–Trinajstić information content (AvgIpc) is 2.95. The minimum absolute atomic E-state index is 0.0896. The third-order valence-electron chi connectivity index (χ3n) is 3.15. The average molecular weight is 341 g/mol. The first-order valence-corrected chi connectivity index (χ1v) is 7.45. The van der Waals surface area contributed by atoms with Crippen molar-refractivity contribution in [1.29, 1.82) is 0 Å². The number of carbonyl (C=O) groups excluding carboxylic acids is 1. The normalized spacial score (nSPS) is 10.4. The Hall–Kier alpha value is -3.49. The summed E-state index contributed by atoms with van der Waals surface area (Å²) >= 11 is 0. The van der Waals surface area contributed by atoms with Crippen molar-refractivity contribution >= 4 is 34.7 Å². The molecule has 2 heterocycles. The summed E-state index contributed by atoms with van der Waals surface area (Å²) in [6, 6.07) is 6.12. The molecule has 0 saturated heterocycles. The lowest BCUT2D eigenvalue weighted by Gasteiger charge is -2.10. The lowest BCUT2D eigenvalue weighted by atomic mass is 10.2. The number of rotatable bonds is 5. The molecule has 0 radical (unpaired) electrons. The number of amides is 1. The van der Waals surface area contributed by atoms with Crippen LogP contribution in [0.1, 0.15) is 12.6 Å². The molecule has 0 spiro atoms. The summed E-state index contributed by atoms with van der Waals surface area (Å²) in [7, 11) is 0. The second-order valence-electron chi connectivity index (χ2n) is 5.35. The third kappa shape index (κ3) is 4.28. The highest BCUT2D eigenvalue weighted by Crippen LogP contribution is 2.23. The molecule has 9 heteroatoms. The smallest absolute Gasteiger partial charge is 0.221 e. The van der Waals surface area contributed by atoms with Crippen molar-refractivity contribution in [2.24, 2.45) is 0 Å². The number of H-pyrrole nitrogens is 1. The largest absolute Gasteiger partial charge is 0.339 e. The highest BCUT2D eigenvalue weighted by Gasteiger charge is 2.07. The quantitative estimate of drug-likeness (QED) is 0.568. The first-order chi connectivity index (χ1) is 12.0. The Morgan fingerprint density at radius 2 is 1.88 bits per heavy atom. The molecule has 0 unspecified atom stereocenters. The number of hydrogen-bond acceptors (Lipinski definition) is 6. The van der Waals surface area contributed by atoms with E-state index >= 15 is 0 Å². The van der Waals surface area contributed by atoms with Crippen molar-refractivity contribution in [3.05, 3.63) is 48.2 Å². The summed E-state index contributed by atoms with van der Waals surface area (Å²) in [5.41, 5.74) is 1.57. The number of aromatic nitrogens is 4. The van der Waals surface area contributed by atoms with Crippen molar-refractivity contribution in [3.8, 4) is 0 Å². The van der Waals surface area contributed by atoms with Crippen molar-refractivity contribution in [2.45, 2.75) is 13.8 Å². The van der Waals surface area contributed by atoms with Crippen molar-refractivity contribution in [3.63, 3.8) is 0 Å². The van der Waals surface area contributed by atoms with E-state index in [0.717, 1.165) is 5.69 Å². The van der Waals surface area contributed by atoms with Crippen LogP contribution in [0.15, 0.2) is 36.7 Å². The zero-order valence-corrected chi connectivity index (χ0v) is 13.6. The zero-order valence-electron chi connectivity index (χ0n) is 13.6. The molecule has 128 valence electrons. The molecule has 0 aliphatic carbocycles. The van der Waals surface area contributed by atoms with Crippen LogP contribution in [0.25, 0.3) is 0 Å². The van der Waals surface area contributed by atoms with Gasteiger partial charge in [-0.25, -0.2) is 9.37 Å². The lowest BCUT2D eigenvalue weighted by Crippen LogP contribution is -2.08. The summed E-state index contributed by atoms with van der Waals surface area (Å²) in [4.78, 5) is 19.6. The van der Waals surface area contributed by atoms with Crippen molar-refractivity contribution in [2.75, 3.05) is 16.0 Å². The van der Waals surface area contributed by atoms with E-state index in [1.54, 1.807) is 12.3 Å². The maximum atomic E-state index is 13.7. The molecule has 1 aromatic carbocycles. The number of benzene rings is 1. The van der Waals surface area contributed by atoms with Gasteiger partial charge in [-0.3, -0.25) is 14.9 Å². The molecule has 0 saturated carbocycles. The number of aromatic amines is 1. The Bertz CT molecular complexity index is 909. The molecule has 0 fully saturated rings. The maximum Gasteiger partial charge on any atom is 0.221 e. The van der Waals surface area contributed by atoms with Gasteiger partial charge in [0.05, 0.1) is 18.1 Å². The zero-order chi connectivity index (χ0) is 17.8. The van der Waals surface area contributed by atoms with Gasteiger partial charge in [0.2, 0.25) is 5.91 Å². The minimum atomic E-state index is -0.517. The van der Waals surface area contributed by atoms with Crippen LogP contribution >= 0.6 is 0 Å². The van der Waals surface area contributed by atoms with Crippen LogP contribution in [0.2, 0.25) is 0 Å². The summed E-state index contributed by atoms with van der Waals surface area (Å²) < 4.78 is 13.7. The number of nitrogens with one attached hydrogen (secondary N) is 4. The van der Waals surface area contributed by atoms with Gasteiger partial charge in [-0.2, -0.15) is 5.10 Å². The lowest BCUT2D eigenvalue weighted by molar-refractivity contribution is -0.114. The van der Waals surface area contributed by atoms with Gasteiger partial charge in [-0.05, 0) is 25.1 Å². The number of hydrogen-bond donors (Lipinski definition) is 4. The summed E-state index contributed by atoms with van der Waals surface area (Å²) in [6.07, 6.45) is 3.09. The van der Waals surface area contributed by atoms with Crippen molar-refractivity contribution < 1.29 is 9.18 Å². The van der Waals surface area contributed by atoms with E-state index in [1.807, 2.05) is 13.0 Å². The topological polar surface area (TPSA) is 108 Å². The second kappa shape index (κ2) is 6.95. The van der Waals surface area contributed by atoms with Gasteiger partial charge in [-0.1, -0.05) is 0 Å². The minimum Gasteiger partial charge on any atom is -0.339 e. The molecule has 0 atom stereocenters. The Kier molecular flexibility index (Phi) is 4.55. The van der Waals surface area contributed by atoms with Crippen LogP contribution in [0.4, 0.5) is 33.2 Å². The van der Waals surface area contributed by atoms with Gasteiger partial charge in [-0.15, -0.1) is 0 Å². The molecule has 3 aromatic rings. The fourth-order valence-corrected chi connectivity index (χ4v) is 2.14. The van der Waals surface area contributed by atoms with Crippen LogP contribution in [-0.2, 0) is 4.79 Å². The third-order valence-corrected chi connectivity index (χ3v) is 3.15. The summed E-state index contributed by atoms with van der Waals surface area (Å²) in [5, 5.41) is 15.4. The number of anilines is 5.